The van der Waals surface area contributed by atoms with E-state index in [1.54, 1.807) is 11.3 Å². The molecule has 0 unspecified atom stereocenters. The summed E-state index contributed by atoms with van der Waals surface area (Å²) >= 11 is 8.97. The number of hydrogen-bond donors (Lipinski definition) is 1. The lowest BCUT2D eigenvalue weighted by Crippen LogP contribution is -2.15. The summed E-state index contributed by atoms with van der Waals surface area (Å²) in [5.74, 6) is 1.43. The Hall–Kier alpha value is -2.54. The number of thiophene rings is 1. The summed E-state index contributed by atoms with van der Waals surface area (Å²) in [4.78, 5) is 14.0. The number of aryl methyl sites for hydroxylation is 2. The smallest absolute Gasteiger partial charge is 0.235 e. The van der Waals surface area contributed by atoms with Gasteiger partial charge < -0.3 is 14.6 Å². The third-order valence-electron chi connectivity index (χ3n) is 5.98. The number of thioether (sulfide) groups is 1. The first-order valence-corrected chi connectivity index (χ1v) is 14.0. The van der Waals surface area contributed by atoms with Crippen LogP contribution in [0.1, 0.15) is 60.0 Å². The van der Waals surface area contributed by atoms with Crippen molar-refractivity contribution in [3.8, 4) is 11.8 Å². The van der Waals surface area contributed by atoms with Crippen molar-refractivity contribution in [3.63, 3.8) is 0 Å². The van der Waals surface area contributed by atoms with E-state index in [0.29, 0.717) is 38.9 Å². The molecule has 0 aliphatic heterocycles. The van der Waals surface area contributed by atoms with Gasteiger partial charge in [-0.25, -0.2) is 0 Å². The maximum atomic E-state index is 12.8. The van der Waals surface area contributed by atoms with Crippen LogP contribution < -0.4 is 10.1 Å². The summed E-state index contributed by atoms with van der Waals surface area (Å²) in [6, 6.07) is 7.84. The van der Waals surface area contributed by atoms with Crippen LogP contribution in [0.4, 0.5) is 5.00 Å². The van der Waals surface area contributed by atoms with Crippen LogP contribution in [-0.4, -0.2) is 26.4 Å². The number of rotatable bonds is 8. The predicted octanol–water partition coefficient (Wildman–Crippen LogP) is 6.16. The number of aromatic nitrogens is 3. The number of nitrogens with one attached hydrogen (secondary N) is 1. The third kappa shape index (κ3) is 6.18. The highest BCUT2D eigenvalue weighted by Gasteiger charge is 2.21. The highest BCUT2D eigenvalue weighted by atomic mass is 35.5. The van der Waals surface area contributed by atoms with Crippen LogP contribution in [0.2, 0.25) is 5.02 Å². The quantitative estimate of drug-likeness (QED) is 0.351. The molecule has 1 aliphatic rings. The van der Waals surface area contributed by atoms with E-state index in [-0.39, 0.29) is 18.3 Å². The van der Waals surface area contributed by atoms with E-state index >= 15 is 0 Å². The van der Waals surface area contributed by atoms with Crippen LogP contribution in [-0.2, 0) is 30.8 Å². The van der Waals surface area contributed by atoms with Gasteiger partial charge in [0, 0.05) is 16.4 Å². The van der Waals surface area contributed by atoms with Gasteiger partial charge in [-0.2, -0.15) is 5.26 Å². The molecule has 0 fully saturated rings. The molecule has 4 rings (SSSR count). The first-order valence-electron chi connectivity index (χ1n) is 11.8. The fourth-order valence-corrected chi connectivity index (χ4v) is 6.32. The number of hydrogen-bond acceptors (Lipinski definition) is 7. The summed E-state index contributed by atoms with van der Waals surface area (Å²) in [6.07, 6.45) is 6.56. The second-order valence-corrected chi connectivity index (χ2v) is 10.9. The molecule has 184 valence electrons. The Morgan fingerprint density at radius 2 is 2.09 bits per heavy atom. The molecule has 2 heterocycles. The van der Waals surface area contributed by atoms with Gasteiger partial charge in [-0.3, -0.25) is 4.79 Å². The highest BCUT2D eigenvalue weighted by molar-refractivity contribution is 7.99. The number of amides is 1. The number of ether oxygens (including phenoxy) is 1. The van der Waals surface area contributed by atoms with E-state index in [0.717, 1.165) is 36.8 Å². The maximum Gasteiger partial charge on any atom is 0.235 e. The van der Waals surface area contributed by atoms with Gasteiger partial charge in [0.25, 0.3) is 0 Å². The molecule has 0 bridgehead atoms. The summed E-state index contributed by atoms with van der Waals surface area (Å²) in [5.41, 5.74) is 2.71. The van der Waals surface area contributed by atoms with Crippen molar-refractivity contribution in [1.29, 1.82) is 5.26 Å². The monoisotopic (exact) mass is 529 g/mol. The van der Waals surface area contributed by atoms with Gasteiger partial charge >= 0.3 is 0 Å². The zero-order valence-electron chi connectivity index (χ0n) is 19.9. The normalized spacial score (nSPS) is 13.4. The minimum atomic E-state index is -0.152. The number of benzene rings is 1. The van der Waals surface area contributed by atoms with Crippen LogP contribution >= 0.6 is 34.7 Å². The lowest BCUT2D eigenvalue weighted by atomic mass is 9.97. The van der Waals surface area contributed by atoms with Crippen LogP contribution in [0.5, 0.6) is 5.75 Å². The molecule has 10 heteroatoms. The van der Waals surface area contributed by atoms with Crippen molar-refractivity contribution < 1.29 is 9.53 Å². The van der Waals surface area contributed by atoms with Crippen molar-refractivity contribution in [2.75, 3.05) is 11.1 Å². The summed E-state index contributed by atoms with van der Waals surface area (Å²) in [5, 5.41) is 23.3. The first kappa shape index (κ1) is 25.5. The Morgan fingerprint density at radius 1 is 1.29 bits per heavy atom. The fourth-order valence-electron chi connectivity index (χ4n) is 4.12. The zero-order valence-corrected chi connectivity index (χ0v) is 22.3. The number of halogens is 1. The highest BCUT2D eigenvalue weighted by Crippen LogP contribution is 2.36. The Kier molecular flexibility index (Phi) is 8.71. The van der Waals surface area contributed by atoms with Crippen LogP contribution in [0.15, 0.2) is 23.4 Å². The van der Waals surface area contributed by atoms with E-state index in [9.17, 15) is 10.1 Å². The molecular formula is C25H28ClN5O2S2. The van der Waals surface area contributed by atoms with Crippen molar-refractivity contribution in [3.05, 3.63) is 50.6 Å². The minimum Gasteiger partial charge on any atom is -0.486 e. The SMILES string of the molecule is CCn1c(COc2ccc(Cl)c(C)c2)nnc1SCC(=O)Nc1sc2c(c1C#N)CCCCCC2. The molecule has 1 aromatic carbocycles. The number of anilines is 1. The standard InChI is InChI=1S/C25H28ClN5O2S2/c1-3-31-22(14-33-17-10-11-20(26)16(2)12-17)29-30-25(31)34-15-23(32)28-24-19(13-27)18-8-6-4-5-7-9-21(18)35-24/h10-12H,3-9,14-15H2,1-2H3,(H,28,32). The first-order chi connectivity index (χ1) is 17.0. The van der Waals surface area contributed by atoms with Crippen LogP contribution in [0, 0.1) is 18.3 Å². The molecule has 3 aromatic rings. The topological polar surface area (TPSA) is 92.8 Å². The van der Waals surface area contributed by atoms with Crippen molar-refractivity contribution >= 4 is 45.6 Å². The Labute approximate surface area is 218 Å². The van der Waals surface area contributed by atoms with Gasteiger partial charge in [0.1, 0.15) is 23.4 Å². The molecule has 7 nitrogen and oxygen atoms in total. The molecule has 0 saturated carbocycles. The molecule has 0 atom stereocenters. The van der Waals surface area contributed by atoms with E-state index in [4.69, 9.17) is 16.3 Å². The molecule has 1 aliphatic carbocycles. The van der Waals surface area contributed by atoms with Crippen LogP contribution in [0.25, 0.3) is 0 Å². The van der Waals surface area contributed by atoms with E-state index < -0.39 is 0 Å². The van der Waals surface area contributed by atoms with Gasteiger partial charge in [-0.1, -0.05) is 36.2 Å². The molecule has 1 N–H and O–H groups in total. The molecule has 2 aromatic heterocycles. The van der Waals surface area contributed by atoms with Gasteiger partial charge in [-0.05, 0) is 68.9 Å². The van der Waals surface area contributed by atoms with E-state index in [1.165, 1.54) is 29.5 Å². The molecule has 1 amide bonds. The van der Waals surface area contributed by atoms with E-state index in [1.807, 2.05) is 36.6 Å². The number of nitriles is 1. The predicted molar refractivity (Wildman–Crippen MR) is 140 cm³/mol. The second-order valence-electron chi connectivity index (χ2n) is 8.41. The number of carbonyl (C=O) groups is 1. The average Bonchev–Trinajstić information content (AvgIpc) is 3.37. The van der Waals surface area contributed by atoms with Gasteiger partial charge in [0.15, 0.2) is 11.0 Å². The Bertz CT molecular complexity index is 1250. The number of fused-ring (bicyclic) bond motifs is 1. The fraction of sp³-hybridized carbons (Fsp3) is 0.440. The largest absolute Gasteiger partial charge is 0.486 e. The Balaban J connectivity index is 1.38. The third-order valence-corrected chi connectivity index (χ3v) is 8.57. The van der Waals surface area contributed by atoms with Gasteiger partial charge in [-0.15, -0.1) is 21.5 Å². The van der Waals surface area contributed by atoms with Crippen molar-refractivity contribution in [2.24, 2.45) is 0 Å². The van der Waals surface area contributed by atoms with Gasteiger partial charge in [0.2, 0.25) is 5.91 Å². The zero-order chi connectivity index (χ0) is 24.8. The average molecular weight is 530 g/mol. The number of carbonyl (C=O) groups excluding carboxylic acids is 1. The summed E-state index contributed by atoms with van der Waals surface area (Å²) in [7, 11) is 0. The minimum absolute atomic E-state index is 0.152. The van der Waals surface area contributed by atoms with E-state index in [2.05, 4.69) is 21.6 Å². The maximum absolute atomic E-state index is 12.8. The van der Waals surface area contributed by atoms with Crippen molar-refractivity contribution in [1.82, 2.24) is 14.8 Å². The second kappa shape index (κ2) is 11.9. The molecule has 0 radical (unpaired) electrons. The van der Waals surface area contributed by atoms with Crippen molar-refractivity contribution in [2.45, 2.75) is 70.7 Å². The van der Waals surface area contributed by atoms with Crippen LogP contribution in [0.3, 0.4) is 0 Å². The number of nitrogens with zero attached hydrogens (tertiary/aromatic N) is 4. The van der Waals surface area contributed by atoms with Gasteiger partial charge in [0.05, 0.1) is 11.3 Å². The summed E-state index contributed by atoms with van der Waals surface area (Å²) < 4.78 is 7.81. The molecule has 35 heavy (non-hydrogen) atoms. The molecular weight excluding hydrogens is 502 g/mol. The Morgan fingerprint density at radius 3 is 2.83 bits per heavy atom. The lowest BCUT2D eigenvalue weighted by molar-refractivity contribution is -0.113. The molecule has 0 spiro atoms. The molecule has 0 saturated heterocycles. The lowest BCUT2D eigenvalue weighted by Gasteiger charge is -2.10. The summed E-state index contributed by atoms with van der Waals surface area (Å²) in [6.45, 7) is 4.85.